The van der Waals surface area contributed by atoms with Crippen LogP contribution in [0, 0.1) is 6.92 Å². The van der Waals surface area contributed by atoms with Crippen LogP contribution in [0.4, 0.5) is 0 Å². The second kappa shape index (κ2) is 5.76. The van der Waals surface area contributed by atoms with Crippen molar-refractivity contribution in [3.05, 3.63) is 29.3 Å². The molecule has 0 atom stereocenters. The third kappa shape index (κ3) is 3.27. The Balaban J connectivity index is 2.01. The maximum Gasteiger partial charge on any atom is 0.251 e. The number of piperidine rings is 1. The van der Waals surface area contributed by atoms with Crippen LogP contribution >= 0.6 is 12.6 Å². The molecule has 98 valence electrons. The molecule has 1 aliphatic heterocycles. The van der Waals surface area contributed by atoms with E-state index in [0.717, 1.165) is 42.0 Å². The number of likely N-dealkylation sites (tertiary alicyclic amines) is 1. The molecule has 1 aromatic rings. The lowest BCUT2D eigenvalue weighted by molar-refractivity contribution is 0.0916. The Hall–Kier alpha value is -1.00. The van der Waals surface area contributed by atoms with E-state index in [1.807, 2.05) is 25.1 Å². The highest BCUT2D eigenvalue weighted by molar-refractivity contribution is 7.80. The van der Waals surface area contributed by atoms with Gasteiger partial charge in [-0.2, -0.15) is 0 Å². The molecule has 2 rings (SSSR count). The first-order valence-corrected chi connectivity index (χ1v) is 6.80. The van der Waals surface area contributed by atoms with Crippen molar-refractivity contribution in [2.45, 2.75) is 30.7 Å². The van der Waals surface area contributed by atoms with Gasteiger partial charge in [-0.1, -0.05) is 6.07 Å². The van der Waals surface area contributed by atoms with Crippen molar-refractivity contribution in [3.8, 4) is 0 Å². The van der Waals surface area contributed by atoms with Crippen molar-refractivity contribution in [2.75, 3.05) is 20.1 Å². The van der Waals surface area contributed by atoms with Gasteiger partial charge >= 0.3 is 0 Å². The zero-order valence-electron chi connectivity index (χ0n) is 10.9. The Morgan fingerprint density at radius 1 is 1.39 bits per heavy atom. The van der Waals surface area contributed by atoms with Gasteiger partial charge in [0.05, 0.1) is 0 Å². The fourth-order valence-corrected chi connectivity index (χ4v) is 2.47. The monoisotopic (exact) mass is 264 g/mol. The highest BCUT2D eigenvalue weighted by Crippen LogP contribution is 2.15. The zero-order valence-corrected chi connectivity index (χ0v) is 11.8. The van der Waals surface area contributed by atoms with Crippen LogP contribution in [-0.2, 0) is 0 Å². The van der Waals surface area contributed by atoms with Crippen molar-refractivity contribution in [2.24, 2.45) is 0 Å². The number of thiol groups is 1. The minimum atomic E-state index is 0.0259. The summed E-state index contributed by atoms with van der Waals surface area (Å²) < 4.78 is 0. The van der Waals surface area contributed by atoms with Gasteiger partial charge in [0.2, 0.25) is 0 Å². The summed E-state index contributed by atoms with van der Waals surface area (Å²) in [6, 6.07) is 5.98. The maximum atomic E-state index is 12.2. The van der Waals surface area contributed by atoms with Crippen LogP contribution in [0.1, 0.15) is 28.8 Å². The molecular formula is C14H20N2OS. The summed E-state index contributed by atoms with van der Waals surface area (Å²) in [5, 5.41) is 3.12. The summed E-state index contributed by atoms with van der Waals surface area (Å²) in [6.07, 6.45) is 2.06. The summed E-state index contributed by atoms with van der Waals surface area (Å²) in [4.78, 5) is 15.3. The van der Waals surface area contributed by atoms with Gasteiger partial charge in [0, 0.05) is 16.5 Å². The number of hydrogen-bond donors (Lipinski definition) is 2. The Labute approximate surface area is 114 Å². The second-order valence-corrected chi connectivity index (χ2v) is 5.57. The van der Waals surface area contributed by atoms with Gasteiger partial charge in [0.1, 0.15) is 0 Å². The van der Waals surface area contributed by atoms with Gasteiger partial charge in [0.25, 0.3) is 5.91 Å². The number of carbonyl (C=O) groups excluding carboxylic acids is 1. The first-order valence-electron chi connectivity index (χ1n) is 6.35. The van der Waals surface area contributed by atoms with Crippen molar-refractivity contribution in [3.63, 3.8) is 0 Å². The number of nitrogens with zero attached hydrogens (tertiary/aromatic N) is 1. The van der Waals surface area contributed by atoms with E-state index in [2.05, 4.69) is 29.9 Å². The summed E-state index contributed by atoms with van der Waals surface area (Å²) in [5.41, 5.74) is 1.74. The van der Waals surface area contributed by atoms with Gasteiger partial charge < -0.3 is 10.2 Å². The van der Waals surface area contributed by atoms with Crippen molar-refractivity contribution in [1.82, 2.24) is 10.2 Å². The fraction of sp³-hybridized carbons (Fsp3) is 0.500. The fourth-order valence-electron chi connectivity index (χ4n) is 2.27. The van der Waals surface area contributed by atoms with E-state index in [9.17, 15) is 4.79 Å². The highest BCUT2D eigenvalue weighted by Gasteiger charge is 2.19. The van der Waals surface area contributed by atoms with Gasteiger partial charge in [0.15, 0.2) is 0 Å². The molecule has 0 aliphatic carbocycles. The van der Waals surface area contributed by atoms with E-state index in [1.54, 1.807) is 0 Å². The van der Waals surface area contributed by atoms with Crippen LogP contribution in [0.2, 0.25) is 0 Å². The van der Waals surface area contributed by atoms with Crippen LogP contribution in [0.5, 0.6) is 0 Å². The molecule has 0 spiro atoms. The molecule has 1 N–H and O–H groups in total. The van der Waals surface area contributed by atoms with E-state index in [4.69, 9.17) is 0 Å². The summed E-state index contributed by atoms with van der Waals surface area (Å²) in [5.74, 6) is 0.0259. The quantitative estimate of drug-likeness (QED) is 0.802. The van der Waals surface area contributed by atoms with Crippen molar-refractivity contribution in [1.29, 1.82) is 0 Å². The lowest BCUT2D eigenvalue weighted by Crippen LogP contribution is -2.43. The third-order valence-corrected chi connectivity index (χ3v) is 3.80. The smallest absolute Gasteiger partial charge is 0.251 e. The summed E-state index contributed by atoms with van der Waals surface area (Å²) >= 11 is 4.29. The molecule has 0 unspecified atom stereocenters. The molecule has 3 nitrogen and oxygen atoms in total. The molecule has 0 aromatic heterocycles. The number of rotatable bonds is 2. The SMILES string of the molecule is Cc1ccc(S)cc1C(=O)NC1CCN(C)CC1. The molecule has 1 aliphatic rings. The maximum absolute atomic E-state index is 12.2. The van der Waals surface area contributed by atoms with Crippen LogP contribution in [0.3, 0.4) is 0 Å². The van der Waals surface area contributed by atoms with Crippen molar-refractivity contribution >= 4 is 18.5 Å². The Kier molecular flexibility index (Phi) is 4.30. The van der Waals surface area contributed by atoms with Crippen LogP contribution in [0.15, 0.2) is 23.1 Å². The van der Waals surface area contributed by atoms with Gasteiger partial charge in [-0.15, -0.1) is 12.6 Å². The molecule has 1 saturated heterocycles. The molecule has 1 amide bonds. The number of nitrogens with one attached hydrogen (secondary N) is 1. The average molecular weight is 264 g/mol. The molecule has 1 heterocycles. The minimum Gasteiger partial charge on any atom is -0.349 e. The van der Waals surface area contributed by atoms with E-state index in [1.165, 1.54) is 0 Å². The van der Waals surface area contributed by atoms with Crippen molar-refractivity contribution < 1.29 is 4.79 Å². The van der Waals surface area contributed by atoms with Gasteiger partial charge in [-0.3, -0.25) is 4.79 Å². The Morgan fingerprint density at radius 2 is 2.06 bits per heavy atom. The highest BCUT2D eigenvalue weighted by atomic mass is 32.1. The first kappa shape index (κ1) is 13.4. The molecule has 0 bridgehead atoms. The minimum absolute atomic E-state index is 0.0259. The molecular weight excluding hydrogens is 244 g/mol. The van der Waals surface area contributed by atoms with E-state index in [0.29, 0.717) is 6.04 Å². The third-order valence-electron chi connectivity index (χ3n) is 3.52. The average Bonchev–Trinajstić information content (AvgIpc) is 2.35. The van der Waals surface area contributed by atoms with Crippen LogP contribution < -0.4 is 5.32 Å². The summed E-state index contributed by atoms with van der Waals surface area (Å²) in [7, 11) is 2.12. The van der Waals surface area contributed by atoms with Crippen LogP contribution in [-0.4, -0.2) is 37.0 Å². The van der Waals surface area contributed by atoms with Crippen LogP contribution in [0.25, 0.3) is 0 Å². The topological polar surface area (TPSA) is 32.3 Å². The molecule has 0 radical (unpaired) electrons. The predicted octanol–water partition coefficient (Wildman–Crippen LogP) is 2.11. The largest absolute Gasteiger partial charge is 0.349 e. The first-order chi connectivity index (χ1) is 8.56. The Morgan fingerprint density at radius 3 is 2.72 bits per heavy atom. The number of aryl methyl sites for hydroxylation is 1. The molecule has 18 heavy (non-hydrogen) atoms. The van der Waals surface area contributed by atoms with E-state index in [-0.39, 0.29) is 5.91 Å². The molecule has 1 fully saturated rings. The number of amides is 1. The lowest BCUT2D eigenvalue weighted by Gasteiger charge is -2.29. The van der Waals surface area contributed by atoms with Gasteiger partial charge in [-0.05, 0) is 57.6 Å². The van der Waals surface area contributed by atoms with E-state index < -0.39 is 0 Å². The number of hydrogen-bond acceptors (Lipinski definition) is 3. The number of benzene rings is 1. The normalized spacial score (nSPS) is 17.7. The molecule has 4 heteroatoms. The standard InChI is InChI=1S/C14H20N2OS/c1-10-3-4-12(18)9-13(10)14(17)15-11-5-7-16(2)8-6-11/h3-4,9,11,18H,5-8H2,1-2H3,(H,15,17). The van der Waals surface area contributed by atoms with Gasteiger partial charge in [-0.25, -0.2) is 0 Å². The molecule has 1 aromatic carbocycles. The second-order valence-electron chi connectivity index (χ2n) is 5.05. The summed E-state index contributed by atoms with van der Waals surface area (Å²) in [6.45, 7) is 4.06. The number of carbonyl (C=O) groups is 1. The predicted molar refractivity (Wildman–Crippen MR) is 76.4 cm³/mol. The molecule has 0 saturated carbocycles. The Bertz CT molecular complexity index is 439. The lowest BCUT2D eigenvalue weighted by atomic mass is 10.0. The zero-order chi connectivity index (χ0) is 13.1. The van der Waals surface area contributed by atoms with E-state index >= 15 is 0 Å².